The zero-order chi connectivity index (χ0) is 24.1. The fraction of sp³-hybridized carbons (Fsp3) is 0.150. The number of nitrogens with one attached hydrogen (secondary N) is 1. The first-order valence-corrected chi connectivity index (χ1v) is 11.0. The number of benzene rings is 3. The van der Waals surface area contributed by atoms with Gasteiger partial charge in [-0.1, -0.05) is 19.1 Å². The van der Waals surface area contributed by atoms with E-state index >= 15 is 0 Å². The van der Waals surface area contributed by atoms with Gasteiger partial charge < -0.3 is 15.8 Å². The molecule has 0 aliphatic heterocycles. The van der Waals surface area contributed by atoms with Crippen LogP contribution in [0.1, 0.15) is 23.7 Å². The molecule has 0 unspecified atom stereocenters. The minimum Gasteiger partial charge on any atom is -0.493 e. The van der Waals surface area contributed by atoms with Crippen molar-refractivity contribution in [2.75, 3.05) is 17.7 Å². The quantitative estimate of drug-likeness (QED) is 0.521. The molecule has 0 aliphatic carbocycles. The van der Waals surface area contributed by atoms with Crippen molar-refractivity contribution in [1.82, 2.24) is 0 Å². The predicted octanol–water partition coefficient (Wildman–Crippen LogP) is 2.45. The van der Waals surface area contributed by atoms with Crippen molar-refractivity contribution in [2.45, 2.75) is 13.3 Å². The molecule has 0 spiro atoms. The molecule has 0 bridgehead atoms. The third kappa shape index (κ3) is 9.82. The molecule has 3 aromatic rings. The lowest BCUT2D eigenvalue weighted by molar-refractivity contribution is 0.102. The number of fused-ring (bicyclic) bond motifs is 1. The third-order valence-electron chi connectivity index (χ3n) is 3.73. The highest BCUT2D eigenvalue weighted by atomic mass is 32.2. The molecular weight excluding hydrogens is 460 g/mol. The summed E-state index contributed by atoms with van der Waals surface area (Å²) in [6.07, 6.45) is 0.964. The van der Waals surface area contributed by atoms with Crippen LogP contribution in [0.25, 0.3) is 10.8 Å². The molecular formula is C20H20N2O8S2. The van der Waals surface area contributed by atoms with Crippen LogP contribution in [0.5, 0.6) is 5.75 Å². The second kappa shape index (κ2) is 13.5. The summed E-state index contributed by atoms with van der Waals surface area (Å²) in [5.41, 5.74) is 7.60. The number of nitrogen functional groups attached to an aromatic ring is 1. The smallest absolute Gasteiger partial charge is 0.425 e. The van der Waals surface area contributed by atoms with Gasteiger partial charge in [0.05, 0.1) is 6.61 Å². The Labute approximate surface area is 187 Å². The van der Waals surface area contributed by atoms with E-state index in [0.29, 0.717) is 17.9 Å². The molecule has 3 N–H and O–H groups in total. The molecule has 0 heterocycles. The van der Waals surface area contributed by atoms with Gasteiger partial charge in [-0.2, -0.15) is 0 Å². The normalized spacial score (nSPS) is 9.41. The van der Waals surface area contributed by atoms with Crippen molar-refractivity contribution in [3.8, 4) is 5.75 Å². The number of carbonyl (C=O) groups excluding carboxylic acids is 1. The Kier molecular flexibility index (Phi) is 11.1. The van der Waals surface area contributed by atoms with E-state index in [1.807, 2.05) is 36.4 Å². The molecule has 170 valence electrons. The van der Waals surface area contributed by atoms with Gasteiger partial charge in [0.1, 0.15) is 5.75 Å². The second-order valence-corrected chi connectivity index (χ2v) is 6.84. The summed E-state index contributed by atoms with van der Waals surface area (Å²) in [5, 5.41) is 4.98. The van der Waals surface area contributed by atoms with Gasteiger partial charge in [-0.25, -0.2) is 0 Å². The largest absolute Gasteiger partial charge is 0.493 e. The highest BCUT2D eigenvalue weighted by Crippen LogP contribution is 2.28. The molecule has 0 aliphatic rings. The summed E-state index contributed by atoms with van der Waals surface area (Å²) < 4.78 is 56.4. The monoisotopic (exact) mass is 480 g/mol. The molecule has 3 aromatic carbocycles. The number of carbonyl (C=O) groups is 1. The van der Waals surface area contributed by atoms with Crippen LogP contribution >= 0.6 is 0 Å². The van der Waals surface area contributed by atoms with Crippen LogP contribution in [-0.4, -0.2) is 37.8 Å². The molecule has 1 amide bonds. The van der Waals surface area contributed by atoms with Crippen molar-refractivity contribution in [3.63, 3.8) is 0 Å². The van der Waals surface area contributed by atoms with Crippen LogP contribution < -0.4 is 15.8 Å². The number of rotatable bonds is 5. The summed E-state index contributed by atoms with van der Waals surface area (Å²) in [7, 11) is -6.22. The molecule has 12 heteroatoms. The number of anilines is 2. The number of hydrogen-bond acceptors (Lipinski definition) is 9. The third-order valence-corrected chi connectivity index (χ3v) is 3.73. The Balaban J connectivity index is 0.000000554. The van der Waals surface area contributed by atoms with Crippen LogP contribution in [0.2, 0.25) is 0 Å². The molecule has 32 heavy (non-hydrogen) atoms. The van der Waals surface area contributed by atoms with Gasteiger partial charge in [0, 0.05) is 22.3 Å². The Morgan fingerprint density at radius 1 is 0.906 bits per heavy atom. The summed E-state index contributed by atoms with van der Waals surface area (Å²) in [4.78, 5) is 12.3. The van der Waals surface area contributed by atoms with Gasteiger partial charge in [-0.3, -0.25) is 4.79 Å². The Bertz CT molecular complexity index is 1230. The highest BCUT2D eigenvalue weighted by Gasteiger charge is 2.08. The molecule has 0 fully saturated rings. The number of ether oxygens (including phenoxy) is 1. The van der Waals surface area contributed by atoms with Crippen molar-refractivity contribution in [1.29, 1.82) is 0 Å². The summed E-state index contributed by atoms with van der Waals surface area (Å²) in [5.74, 6) is 0.707. The number of hydrogen-bond donors (Lipinski definition) is 2. The summed E-state index contributed by atoms with van der Waals surface area (Å²) in [6.45, 7) is 2.77. The van der Waals surface area contributed by atoms with Gasteiger partial charge in [-0.05, 0) is 60.3 Å². The minimum absolute atomic E-state index is 0.160. The van der Waals surface area contributed by atoms with Crippen molar-refractivity contribution in [2.24, 2.45) is 0 Å². The zero-order valence-corrected chi connectivity index (χ0v) is 18.5. The molecule has 0 radical (unpaired) electrons. The molecule has 3 rings (SSSR count). The number of amides is 1. The van der Waals surface area contributed by atoms with E-state index in [-0.39, 0.29) is 5.91 Å². The van der Waals surface area contributed by atoms with E-state index in [9.17, 15) is 4.79 Å². The van der Waals surface area contributed by atoms with E-state index in [4.69, 9.17) is 35.7 Å². The van der Waals surface area contributed by atoms with Crippen LogP contribution in [0, 0.1) is 0 Å². The Morgan fingerprint density at radius 2 is 1.50 bits per heavy atom. The molecule has 10 nitrogen and oxygen atoms in total. The molecule has 0 aromatic heterocycles. The van der Waals surface area contributed by atoms with E-state index < -0.39 is 21.2 Å². The van der Waals surface area contributed by atoms with Crippen LogP contribution in [0.4, 0.5) is 11.4 Å². The number of nitrogens with two attached hydrogens (primary N) is 1. The topological polar surface area (TPSA) is 167 Å². The lowest BCUT2D eigenvalue weighted by Gasteiger charge is -2.10. The summed E-state index contributed by atoms with van der Waals surface area (Å²) in [6, 6.07) is 18.6. The average molecular weight is 481 g/mol. The van der Waals surface area contributed by atoms with Crippen molar-refractivity contribution >= 4 is 49.3 Å². The fourth-order valence-electron chi connectivity index (χ4n) is 2.51. The van der Waals surface area contributed by atoms with Gasteiger partial charge in [0.15, 0.2) is 0 Å². The SMILES string of the molecule is CCCOc1cccc2cc(NC(=O)c3ccc(N)cc3)ccc12.O=S(=O)=O.O=S(=O)=O. The van der Waals surface area contributed by atoms with Crippen LogP contribution in [0.15, 0.2) is 60.7 Å². The second-order valence-electron chi connectivity index (χ2n) is 6.02. The molecule has 0 saturated carbocycles. The van der Waals surface area contributed by atoms with E-state index in [2.05, 4.69) is 12.2 Å². The van der Waals surface area contributed by atoms with Gasteiger partial charge in [0.2, 0.25) is 0 Å². The first-order valence-electron chi connectivity index (χ1n) is 9.00. The maximum atomic E-state index is 12.3. The van der Waals surface area contributed by atoms with Crippen LogP contribution in [-0.2, 0) is 21.2 Å². The van der Waals surface area contributed by atoms with Crippen molar-refractivity contribution in [3.05, 3.63) is 66.2 Å². The van der Waals surface area contributed by atoms with E-state index in [1.165, 1.54) is 0 Å². The molecule has 0 saturated heterocycles. The van der Waals surface area contributed by atoms with Gasteiger partial charge in [0.25, 0.3) is 5.91 Å². The minimum atomic E-state index is -3.11. The first-order chi connectivity index (χ1) is 15.1. The highest BCUT2D eigenvalue weighted by molar-refractivity contribution is 7.59. The first kappa shape index (κ1) is 26.3. The van der Waals surface area contributed by atoms with E-state index in [0.717, 1.165) is 28.6 Å². The predicted molar refractivity (Wildman–Crippen MR) is 118 cm³/mol. The fourth-order valence-corrected chi connectivity index (χ4v) is 2.51. The lowest BCUT2D eigenvalue weighted by Crippen LogP contribution is -2.11. The Hall–Kier alpha value is -3.77. The standard InChI is InChI=1S/C20H20N2O2.2O3S/c1-2-12-24-19-5-3-4-15-13-17(10-11-18(15)19)22-20(23)14-6-8-16(21)9-7-14;2*1-4(2)3/h3-11,13H,2,12,21H2,1H3,(H,22,23);;. The van der Waals surface area contributed by atoms with Crippen LogP contribution in [0.3, 0.4) is 0 Å². The summed E-state index contributed by atoms with van der Waals surface area (Å²) >= 11 is 0. The maximum Gasteiger partial charge on any atom is 0.425 e. The zero-order valence-electron chi connectivity index (χ0n) is 16.8. The van der Waals surface area contributed by atoms with Gasteiger partial charge >= 0.3 is 21.2 Å². The molecule has 0 atom stereocenters. The van der Waals surface area contributed by atoms with E-state index in [1.54, 1.807) is 24.3 Å². The maximum absolute atomic E-state index is 12.3. The van der Waals surface area contributed by atoms with Crippen molar-refractivity contribution < 1.29 is 34.8 Å². The lowest BCUT2D eigenvalue weighted by atomic mass is 10.1. The Morgan fingerprint density at radius 3 is 2.06 bits per heavy atom. The average Bonchev–Trinajstić information content (AvgIpc) is 2.71. The van der Waals surface area contributed by atoms with Gasteiger partial charge in [-0.15, -0.1) is 25.3 Å².